The van der Waals surface area contributed by atoms with Crippen LogP contribution in [0.2, 0.25) is 0 Å². The number of rotatable bonds is 0. The Bertz CT molecular complexity index is 95.9. The summed E-state index contributed by atoms with van der Waals surface area (Å²) in [6.07, 6.45) is 3.50. The maximum Gasteiger partial charge on any atom is 0.281 e. The second-order valence-corrected chi connectivity index (χ2v) is 1.02. The first-order valence-electron chi connectivity index (χ1n) is 2.05. The number of carbonyl (C=O) groups excluding carboxylic acids is 1. The summed E-state index contributed by atoms with van der Waals surface area (Å²) in [5.41, 5.74) is 0. The molecule has 0 N–H and O–H groups in total. The second-order valence-electron chi connectivity index (χ2n) is 1.02. The Balaban J connectivity index is 0. The van der Waals surface area contributed by atoms with Crippen LogP contribution in [0.4, 0.5) is 0 Å². The van der Waals surface area contributed by atoms with E-state index in [0.717, 1.165) is 0 Å². The molecule has 0 saturated heterocycles. The van der Waals surface area contributed by atoms with Crippen LogP contribution in [0.1, 0.15) is 0 Å². The van der Waals surface area contributed by atoms with Gasteiger partial charge in [0.2, 0.25) is 0 Å². The maximum atomic E-state index is 7.50. The first kappa shape index (κ1) is 11.2. The van der Waals surface area contributed by atoms with Crippen molar-refractivity contribution in [1.29, 1.82) is 0 Å². The molecule has 49 valence electrons. The third-order valence-electron chi connectivity index (χ3n) is 0.566. The Morgan fingerprint density at radius 3 is 1.56 bits per heavy atom. The largest absolute Gasteiger partial charge is 0.281 e. The smallest absolute Gasteiger partial charge is 0.281 e. The predicted molar refractivity (Wildman–Crippen MR) is 29.9 cm³/mol. The third-order valence-corrected chi connectivity index (χ3v) is 0.566. The molecule has 3 radical (unpaired) electrons. The molecule has 0 amide bonds. The summed E-state index contributed by atoms with van der Waals surface area (Å²) >= 11 is 0. The number of aromatic nitrogens is 1. The van der Waals surface area contributed by atoms with E-state index in [9.17, 15) is 0 Å². The molecule has 1 aromatic heterocycles. The van der Waals surface area contributed by atoms with Gasteiger partial charge in [0.15, 0.2) is 0 Å². The van der Waals surface area contributed by atoms with Crippen molar-refractivity contribution < 1.29 is 21.6 Å². The molecule has 0 saturated carbocycles. The van der Waals surface area contributed by atoms with E-state index in [0.29, 0.717) is 0 Å². The Morgan fingerprint density at radius 1 is 1.00 bits per heavy atom. The molecule has 3 heteroatoms. The Labute approximate surface area is 64.5 Å². The van der Waals surface area contributed by atoms with Gasteiger partial charge in [-0.3, -0.25) is 9.78 Å². The molecule has 0 bridgehead atoms. The average molecular weight is 166 g/mol. The Morgan fingerprint density at radius 2 is 1.44 bits per heavy atom. The van der Waals surface area contributed by atoms with E-state index in [4.69, 9.17) is 4.79 Å². The fourth-order valence-corrected chi connectivity index (χ4v) is 0.313. The molecule has 0 aromatic carbocycles. The molecule has 0 fully saturated rings. The van der Waals surface area contributed by atoms with Gasteiger partial charge in [-0.2, -0.15) is 0 Å². The zero-order valence-electron chi connectivity index (χ0n) is 4.58. The van der Waals surface area contributed by atoms with Crippen molar-refractivity contribution in [1.82, 2.24) is 4.98 Å². The van der Waals surface area contributed by atoms with Crippen LogP contribution < -0.4 is 0 Å². The fourth-order valence-electron chi connectivity index (χ4n) is 0.313. The maximum absolute atomic E-state index is 7.50. The van der Waals surface area contributed by atoms with E-state index in [1.54, 1.807) is 12.4 Å². The molecular weight excluding hydrogens is 161 g/mol. The molecule has 0 aliphatic heterocycles. The quantitative estimate of drug-likeness (QED) is 0.567. The molecule has 0 aliphatic carbocycles. The van der Waals surface area contributed by atoms with Gasteiger partial charge in [-0.05, 0) is 12.1 Å². The van der Waals surface area contributed by atoms with Crippen LogP contribution >= 0.6 is 0 Å². The molecule has 1 heterocycles. The van der Waals surface area contributed by atoms with Gasteiger partial charge >= 0.3 is 0 Å². The van der Waals surface area contributed by atoms with Gasteiger partial charge < -0.3 is 0 Å². The minimum atomic E-state index is 0. The topological polar surface area (TPSA) is 30.0 Å². The first-order chi connectivity index (χ1) is 4.00. The van der Waals surface area contributed by atoms with Crippen molar-refractivity contribution in [2.24, 2.45) is 0 Å². The molecule has 1 rings (SSSR count). The fraction of sp³-hybridized carbons (Fsp3) is 0. The summed E-state index contributed by atoms with van der Waals surface area (Å²) in [4.78, 5) is 11.3. The van der Waals surface area contributed by atoms with Gasteiger partial charge in [-0.25, -0.2) is 0 Å². The first-order valence-corrected chi connectivity index (χ1v) is 2.05. The molecule has 0 spiro atoms. The van der Waals surface area contributed by atoms with Crippen LogP contribution in [-0.2, 0) is 21.6 Å². The summed E-state index contributed by atoms with van der Waals surface area (Å²) < 4.78 is 0. The number of pyridine rings is 1. The molecule has 2 nitrogen and oxygen atoms in total. The van der Waals surface area contributed by atoms with Crippen LogP contribution in [0.5, 0.6) is 0 Å². The van der Waals surface area contributed by atoms with Crippen molar-refractivity contribution in [2.75, 3.05) is 0 Å². The van der Waals surface area contributed by atoms with Crippen LogP contribution in [-0.4, -0.2) is 11.8 Å². The minimum Gasteiger partial charge on any atom is -0.281 e. The third kappa shape index (κ3) is 7.33. The van der Waals surface area contributed by atoms with Gasteiger partial charge in [0, 0.05) is 29.2 Å². The van der Waals surface area contributed by atoms with Gasteiger partial charge in [0.25, 0.3) is 6.79 Å². The molecule has 9 heavy (non-hydrogen) atoms. The van der Waals surface area contributed by atoms with Gasteiger partial charge in [0.05, 0.1) is 0 Å². The van der Waals surface area contributed by atoms with Crippen molar-refractivity contribution in [3.8, 4) is 0 Å². The molecule has 0 atom stereocenters. The minimum absolute atomic E-state index is 0. The van der Waals surface area contributed by atoms with Gasteiger partial charge in [-0.1, -0.05) is 6.07 Å². The van der Waals surface area contributed by atoms with Crippen molar-refractivity contribution in [3.63, 3.8) is 0 Å². The second kappa shape index (κ2) is 10.3. The zero-order valence-corrected chi connectivity index (χ0v) is 5.62. The van der Waals surface area contributed by atoms with E-state index in [2.05, 4.69) is 11.8 Å². The van der Waals surface area contributed by atoms with Crippen molar-refractivity contribution >= 4 is 6.79 Å². The SMILES string of the molecule is [C]=O.[Co].c1ccncc1. The van der Waals surface area contributed by atoms with E-state index in [1.165, 1.54) is 0 Å². The van der Waals surface area contributed by atoms with E-state index in [-0.39, 0.29) is 16.8 Å². The summed E-state index contributed by atoms with van der Waals surface area (Å²) in [5.74, 6) is 0. The summed E-state index contributed by atoms with van der Waals surface area (Å²) in [6.45, 7) is 4.50. The normalized spacial score (nSPS) is 5.78. The Hall–Kier alpha value is -0.674. The van der Waals surface area contributed by atoms with E-state index in [1.807, 2.05) is 18.2 Å². The van der Waals surface area contributed by atoms with Crippen LogP contribution in [0, 0.1) is 0 Å². The van der Waals surface area contributed by atoms with Crippen LogP contribution in [0.25, 0.3) is 0 Å². The van der Waals surface area contributed by atoms with Crippen molar-refractivity contribution in [2.45, 2.75) is 0 Å². The number of hydrogen-bond donors (Lipinski definition) is 0. The molecule has 0 aliphatic rings. The molecule has 0 unspecified atom stereocenters. The monoisotopic (exact) mass is 166 g/mol. The molecular formula is C6H5CoNO. The van der Waals surface area contributed by atoms with Crippen LogP contribution in [0.15, 0.2) is 30.6 Å². The molecule has 1 aromatic rings. The zero-order chi connectivity index (χ0) is 6.24. The summed E-state index contributed by atoms with van der Waals surface area (Å²) in [5, 5.41) is 0. The summed E-state index contributed by atoms with van der Waals surface area (Å²) in [6, 6.07) is 5.72. The standard InChI is InChI=1S/C5H5N.CO.Co/c1-2-4-6-5-3-1;1-2;/h1-5H;;. The van der Waals surface area contributed by atoms with Crippen molar-refractivity contribution in [3.05, 3.63) is 30.6 Å². The van der Waals surface area contributed by atoms with Gasteiger partial charge in [0.1, 0.15) is 0 Å². The average Bonchev–Trinajstić information content (AvgIpc) is 1.96. The number of hydrogen-bond acceptors (Lipinski definition) is 2. The number of nitrogens with zero attached hydrogens (tertiary/aromatic N) is 1. The van der Waals surface area contributed by atoms with E-state index >= 15 is 0 Å². The van der Waals surface area contributed by atoms with Gasteiger partial charge in [-0.15, -0.1) is 0 Å². The van der Waals surface area contributed by atoms with E-state index < -0.39 is 0 Å². The Kier molecular flexibility index (Phi) is 12.8. The summed E-state index contributed by atoms with van der Waals surface area (Å²) in [7, 11) is 0. The predicted octanol–water partition coefficient (Wildman–Crippen LogP) is 0.682. The van der Waals surface area contributed by atoms with Crippen LogP contribution in [0.3, 0.4) is 0 Å².